The molecule has 0 aromatic heterocycles. The molecule has 29 heavy (non-hydrogen) atoms. The fraction of sp³-hybridized carbons (Fsp3) is 0.286. The summed E-state index contributed by atoms with van der Waals surface area (Å²) in [5.74, 6) is -0.207. The summed E-state index contributed by atoms with van der Waals surface area (Å²) in [5.41, 5.74) is 1.41. The Hall–Kier alpha value is -2.71. The average molecular weight is 461 g/mol. The Kier molecular flexibility index (Phi) is 7.00. The highest BCUT2D eigenvalue weighted by Gasteiger charge is 2.35. The molecule has 2 aromatic carbocycles. The summed E-state index contributed by atoms with van der Waals surface area (Å²) in [5, 5.41) is 2.80. The van der Waals surface area contributed by atoms with Crippen molar-refractivity contribution in [1.82, 2.24) is 4.90 Å². The van der Waals surface area contributed by atoms with Gasteiger partial charge in [-0.2, -0.15) is 0 Å². The van der Waals surface area contributed by atoms with Crippen molar-refractivity contribution >= 4 is 39.3 Å². The molecule has 0 saturated carbocycles. The average Bonchev–Trinajstić information content (AvgIpc) is 2.93. The molecule has 1 N–H and O–H groups in total. The normalized spacial score (nSPS) is 12.8. The summed E-state index contributed by atoms with van der Waals surface area (Å²) in [6.07, 6.45) is 0.564. The maximum atomic E-state index is 12.4. The van der Waals surface area contributed by atoms with Crippen LogP contribution in [0.2, 0.25) is 0 Å². The van der Waals surface area contributed by atoms with E-state index in [4.69, 9.17) is 9.47 Å². The molecule has 0 unspecified atom stereocenters. The lowest BCUT2D eigenvalue weighted by Gasteiger charge is -2.13. The van der Waals surface area contributed by atoms with Gasteiger partial charge in [-0.25, -0.2) is 0 Å². The first-order valence-electron chi connectivity index (χ1n) is 9.17. The van der Waals surface area contributed by atoms with Gasteiger partial charge in [0.15, 0.2) is 0 Å². The maximum absolute atomic E-state index is 12.4. The molecule has 0 saturated heterocycles. The number of hydrogen-bond acceptors (Lipinski definition) is 5. The van der Waals surface area contributed by atoms with Crippen LogP contribution in [0.15, 0.2) is 46.9 Å². The van der Waals surface area contributed by atoms with Crippen molar-refractivity contribution in [2.45, 2.75) is 12.8 Å². The first-order valence-corrected chi connectivity index (χ1v) is 9.96. The number of fused-ring (bicyclic) bond motifs is 1. The van der Waals surface area contributed by atoms with Crippen molar-refractivity contribution in [3.8, 4) is 5.75 Å². The van der Waals surface area contributed by atoms with Gasteiger partial charge in [0.25, 0.3) is 11.8 Å². The first kappa shape index (κ1) is 21.0. The molecular weight excluding hydrogens is 440 g/mol. The van der Waals surface area contributed by atoms with Crippen molar-refractivity contribution in [3.63, 3.8) is 0 Å². The van der Waals surface area contributed by atoms with Crippen LogP contribution in [0.4, 0.5) is 5.69 Å². The van der Waals surface area contributed by atoms with Gasteiger partial charge in [0, 0.05) is 36.3 Å². The lowest BCUT2D eigenvalue weighted by atomic mass is 10.1. The van der Waals surface area contributed by atoms with Crippen LogP contribution >= 0.6 is 15.9 Å². The van der Waals surface area contributed by atoms with Crippen molar-refractivity contribution in [3.05, 3.63) is 58.1 Å². The minimum absolute atomic E-state index is 0.186. The van der Waals surface area contributed by atoms with E-state index in [-0.39, 0.29) is 30.7 Å². The quantitative estimate of drug-likeness (QED) is 0.457. The van der Waals surface area contributed by atoms with Crippen molar-refractivity contribution in [1.29, 1.82) is 0 Å². The van der Waals surface area contributed by atoms with Crippen LogP contribution in [0, 0.1) is 0 Å². The van der Waals surface area contributed by atoms with Crippen LogP contribution in [-0.4, -0.2) is 49.5 Å². The van der Waals surface area contributed by atoms with E-state index in [9.17, 15) is 14.4 Å². The second-order valence-electron chi connectivity index (χ2n) is 6.47. The topological polar surface area (TPSA) is 84.9 Å². The third kappa shape index (κ3) is 5.21. The Morgan fingerprint density at radius 2 is 1.86 bits per heavy atom. The molecule has 0 radical (unpaired) electrons. The molecule has 2 aromatic rings. The van der Waals surface area contributed by atoms with Crippen LogP contribution < -0.4 is 10.1 Å². The highest BCUT2D eigenvalue weighted by Crippen LogP contribution is 2.26. The molecule has 8 heteroatoms. The molecule has 1 aliphatic rings. The first-order chi connectivity index (χ1) is 14.0. The number of carbonyl (C=O) groups excluding carboxylic acids is 3. The van der Waals surface area contributed by atoms with E-state index in [1.54, 1.807) is 49.6 Å². The van der Waals surface area contributed by atoms with Crippen LogP contribution in [0.3, 0.4) is 0 Å². The Morgan fingerprint density at radius 3 is 2.66 bits per heavy atom. The minimum atomic E-state index is -0.326. The molecule has 0 fully saturated rings. The summed E-state index contributed by atoms with van der Waals surface area (Å²) < 4.78 is 11.2. The number of rotatable bonds is 9. The number of nitrogens with zero attached hydrogens (tertiary/aromatic N) is 1. The lowest BCUT2D eigenvalue weighted by molar-refractivity contribution is -0.116. The Labute approximate surface area is 177 Å². The van der Waals surface area contributed by atoms with E-state index in [2.05, 4.69) is 21.2 Å². The summed E-state index contributed by atoms with van der Waals surface area (Å²) in [7, 11) is 1.60. The zero-order valence-electron chi connectivity index (χ0n) is 15.9. The van der Waals surface area contributed by atoms with Crippen molar-refractivity contribution < 1.29 is 23.9 Å². The van der Waals surface area contributed by atoms with Gasteiger partial charge in [0.05, 0.1) is 17.7 Å². The fourth-order valence-electron chi connectivity index (χ4n) is 2.99. The number of halogens is 1. The molecule has 0 aliphatic carbocycles. The van der Waals surface area contributed by atoms with Gasteiger partial charge < -0.3 is 14.8 Å². The molecule has 1 heterocycles. The van der Waals surface area contributed by atoms with Crippen LogP contribution in [0.5, 0.6) is 5.75 Å². The second kappa shape index (κ2) is 9.67. The van der Waals surface area contributed by atoms with Gasteiger partial charge in [-0.15, -0.1) is 0 Å². The fourth-order valence-corrected chi connectivity index (χ4v) is 3.35. The van der Waals surface area contributed by atoms with E-state index >= 15 is 0 Å². The number of imide groups is 1. The largest absolute Gasteiger partial charge is 0.491 e. The van der Waals surface area contributed by atoms with Gasteiger partial charge in [-0.3, -0.25) is 19.3 Å². The number of amides is 3. The van der Waals surface area contributed by atoms with Crippen LogP contribution in [0.25, 0.3) is 0 Å². The standard InChI is InChI=1S/C21H21BrN2O5/c1-28-10-11-29-16-5-2-4-15(13-16)23-19(25)6-3-9-24-20(26)17-8-7-14(22)12-18(17)21(24)27/h2,4-5,7-8,12-13H,3,6,9-11H2,1H3,(H,23,25). The number of ether oxygens (including phenoxy) is 2. The summed E-state index contributed by atoms with van der Waals surface area (Å²) in [6, 6.07) is 12.1. The van der Waals surface area contributed by atoms with Gasteiger partial charge in [-0.05, 0) is 36.8 Å². The van der Waals surface area contributed by atoms with Crippen molar-refractivity contribution in [2.24, 2.45) is 0 Å². The summed E-state index contributed by atoms with van der Waals surface area (Å²) in [6.45, 7) is 1.09. The van der Waals surface area contributed by atoms with E-state index in [1.807, 2.05) is 0 Å². The highest BCUT2D eigenvalue weighted by atomic mass is 79.9. The Bertz CT molecular complexity index is 931. The number of anilines is 1. The molecule has 3 amide bonds. The van der Waals surface area contributed by atoms with Gasteiger partial charge in [-0.1, -0.05) is 22.0 Å². The van der Waals surface area contributed by atoms with Crippen LogP contribution in [0.1, 0.15) is 33.6 Å². The van der Waals surface area contributed by atoms with Gasteiger partial charge in [0.2, 0.25) is 5.91 Å². The van der Waals surface area contributed by atoms with E-state index in [0.29, 0.717) is 42.2 Å². The van der Waals surface area contributed by atoms with Gasteiger partial charge in [0.1, 0.15) is 12.4 Å². The molecule has 7 nitrogen and oxygen atoms in total. The predicted octanol–water partition coefficient (Wildman–Crippen LogP) is 3.49. The third-order valence-corrected chi connectivity index (χ3v) is 4.89. The van der Waals surface area contributed by atoms with E-state index < -0.39 is 0 Å². The zero-order valence-corrected chi connectivity index (χ0v) is 17.5. The number of hydrogen-bond donors (Lipinski definition) is 1. The van der Waals surface area contributed by atoms with E-state index in [1.165, 1.54) is 4.90 Å². The lowest BCUT2D eigenvalue weighted by Crippen LogP contribution is -2.31. The Morgan fingerprint density at radius 1 is 1.07 bits per heavy atom. The third-order valence-electron chi connectivity index (χ3n) is 4.39. The van der Waals surface area contributed by atoms with Gasteiger partial charge >= 0.3 is 0 Å². The molecule has 3 rings (SSSR count). The number of carbonyl (C=O) groups is 3. The molecule has 1 aliphatic heterocycles. The summed E-state index contributed by atoms with van der Waals surface area (Å²) in [4.78, 5) is 38.2. The zero-order chi connectivity index (χ0) is 20.8. The molecule has 0 spiro atoms. The van der Waals surface area contributed by atoms with E-state index in [0.717, 1.165) is 4.47 Å². The highest BCUT2D eigenvalue weighted by molar-refractivity contribution is 9.10. The Balaban J connectivity index is 1.49. The monoisotopic (exact) mass is 460 g/mol. The second-order valence-corrected chi connectivity index (χ2v) is 7.39. The number of benzene rings is 2. The molecule has 0 atom stereocenters. The maximum Gasteiger partial charge on any atom is 0.261 e. The minimum Gasteiger partial charge on any atom is -0.491 e. The predicted molar refractivity (Wildman–Crippen MR) is 111 cm³/mol. The van der Waals surface area contributed by atoms with Crippen molar-refractivity contribution in [2.75, 3.05) is 32.2 Å². The smallest absolute Gasteiger partial charge is 0.261 e. The van der Waals surface area contributed by atoms with Crippen LogP contribution in [-0.2, 0) is 9.53 Å². The molecule has 0 bridgehead atoms. The number of methoxy groups -OCH3 is 1. The number of nitrogens with one attached hydrogen (secondary N) is 1. The SMILES string of the molecule is COCCOc1cccc(NC(=O)CCCN2C(=O)c3ccc(Br)cc3C2=O)c1. The summed E-state index contributed by atoms with van der Waals surface area (Å²) >= 11 is 3.31. The molecular formula is C21H21BrN2O5. The molecule has 152 valence electrons.